The maximum Gasteiger partial charge on any atom is 0.418 e. The summed E-state index contributed by atoms with van der Waals surface area (Å²) in [6.45, 7) is 2.97. The number of rotatable bonds is 3. The third kappa shape index (κ3) is 3.47. The Morgan fingerprint density at radius 1 is 1.43 bits per heavy atom. The Balaban J connectivity index is 2.36. The van der Waals surface area contributed by atoms with Crippen molar-refractivity contribution >= 4 is 11.7 Å². The van der Waals surface area contributed by atoms with Crippen LogP contribution in [0.4, 0.5) is 18.9 Å². The van der Waals surface area contributed by atoms with Gasteiger partial charge in [0, 0.05) is 25.3 Å². The number of hydrogen-bond acceptors (Lipinski definition) is 4. The largest absolute Gasteiger partial charge is 0.464 e. The molecule has 0 aromatic heterocycles. The maximum absolute atomic E-state index is 13.1. The molecule has 0 saturated carbocycles. The van der Waals surface area contributed by atoms with Crippen LogP contribution in [0.5, 0.6) is 0 Å². The van der Waals surface area contributed by atoms with Crippen LogP contribution >= 0.6 is 0 Å². The van der Waals surface area contributed by atoms with E-state index in [1.807, 2.05) is 0 Å². The SMILES string of the molecule is CCOC(=O)C1CNCCN1c1ccccc1C(F)(F)F. The van der Waals surface area contributed by atoms with Crippen molar-refractivity contribution in [1.29, 1.82) is 0 Å². The van der Waals surface area contributed by atoms with Gasteiger partial charge in [0.1, 0.15) is 6.04 Å². The Labute approximate surface area is 120 Å². The molecule has 1 saturated heterocycles. The summed E-state index contributed by atoms with van der Waals surface area (Å²) in [5.41, 5.74) is -0.717. The number of carbonyl (C=O) groups is 1. The summed E-state index contributed by atoms with van der Waals surface area (Å²) in [5, 5.41) is 3.01. The predicted molar refractivity (Wildman–Crippen MR) is 72.1 cm³/mol. The van der Waals surface area contributed by atoms with Crippen molar-refractivity contribution in [2.45, 2.75) is 19.1 Å². The number of para-hydroxylation sites is 1. The molecule has 1 aromatic rings. The Kier molecular flexibility index (Phi) is 4.72. The minimum absolute atomic E-state index is 0.0181. The molecule has 4 nitrogen and oxygen atoms in total. The molecule has 7 heteroatoms. The summed E-state index contributed by atoms with van der Waals surface area (Å²) in [4.78, 5) is 13.4. The van der Waals surface area contributed by atoms with Gasteiger partial charge in [-0.3, -0.25) is 0 Å². The summed E-state index contributed by atoms with van der Waals surface area (Å²) < 4.78 is 44.3. The molecule has 1 atom stereocenters. The van der Waals surface area contributed by atoms with E-state index in [2.05, 4.69) is 5.32 Å². The lowest BCUT2D eigenvalue weighted by molar-refractivity contribution is -0.145. The molecule has 0 amide bonds. The molecule has 1 aliphatic heterocycles. The minimum atomic E-state index is -4.46. The van der Waals surface area contributed by atoms with E-state index in [-0.39, 0.29) is 18.8 Å². The average Bonchev–Trinajstić information content (AvgIpc) is 2.46. The number of ether oxygens (including phenoxy) is 1. The molecule has 2 rings (SSSR count). The van der Waals surface area contributed by atoms with Crippen LogP contribution in [0, 0.1) is 0 Å². The van der Waals surface area contributed by atoms with Crippen LogP contribution in [0.3, 0.4) is 0 Å². The van der Waals surface area contributed by atoms with Gasteiger partial charge in [-0.15, -0.1) is 0 Å². The van der Waals surface area contributed by atoms with Crippen LogP contribution in [-0.4, -0.2) is 38.3 Å². The molecule has 1 aromatic carbocycles. The van der Waals surface area contributed by atoms with Crippen molar-refractivity contribution in [2.24, 2.45) is 0 Å². The van der Waals surface area contributed by atoms with E-state index in [0.29, 0.717) is 13.1 Å². The molecular formula is C14H17F3N2O2. The van der Waals surface area contributed by atoms with Gasteiger partial charge in [-0.1, -0.05) is 12.1 Å². The van der Waals surface area contributed by atoms with E-state index in [1.165, 1.54) is 23.1 Å². The maximum atomic E-state index is 13.1. The molecular weight excluding hydrogens is 285 g/mol. The number of benzene rings is 1. The van der Waals surface area contributed by atoms with Crippen molar-refractivity contribution in [3.05, 3.63) is 29.8 Å². The van der Waals surface area contributed by atoms with Gasteiger partial charge >= 0.3 is 12.1 Å². The van der Waals surface area contributed by atoms with Gasteiger partial charge in [0.05, 0.1) is 12.2 Å². The van der Waals surface area contributed by atoms with Crippen molar-refractivity contribution < 1.29 is 22.7 Å². The fraction of sp³-hybridized carbons (Fsp3) is 0.500. The smallest absolute Gasteiger partial charge is 0.418 e. The second-order valence-electron chi connectivity index (χ2n) is 4.68. The first-order valence-corrected chi connectivity index (χ1v) is 6.75. The van der Waals surface area contributed by atoms with Crippen LogP contribution in [0.2, 0.25) is 0 Å². The fourth-order valence-electron chi connectivity index (χ4n) is 2.41. The average molecular weight is 302 g/mol. The molecule has 1 aliphatic rings. The second-order valence-corrected chi connectivity index (χ2v) is 4.68. The van der Waals surface area contributed by atoms with E-state index in [4.69, 9.17) is 4.74 Å². The Hall–Kier alpha value is -1.76. The van der Waals surface area contributed by atoms with Gasteiger partial charge in [-0.25, -0.2) is 4.79 Å². The molecule has 1 N–H and O–H groups in total. The summed E-state index contributed by atoms with van der Waals surface area (Å²) in [6, 6.07) is 4.55. The van der Waals surface area contributed by atoms with Crippen LogP contribution in [0.25, 0.3) is 0 Å². The summed E-state index contributed by atoms with van der Waals surface area (Å²) in [7, 11) is 0. The third-order valence-electron chi connectivity index (χ3n) is 3.32. The number of hydrogen-bond donors (Lipinski definition) is 1. The summed E-state index contributed by atoms with van der Waals surface area (Å²) >= 11 is 0. The lowest BCUT2D eigenvalue weighted by Crippen LogP contribution is -2.56. The predicted octanol–water partition coefficient (Wildman–Crippen LogP) is 2.05. The quantitative estimate of drug-likeness (QED) is 0.868. The van der Waals surface area contributed by atoms with Crippen LogP contribution in [0.15, 0.2) is 24.3 Å². The minimum Gasteiger partial charge on any atom is -0.464 e. The number of esters is 1. The normalized spacial score (nSPS) is 19.4. The van der Waals surface area contributed by atoms with Crippen LogP contribution in [-0.2, 0) is 15.7 Å². The Morgan fingerprint density at radius 3 is 2.81 bits per heavy atom. The number of nitrogens with zero attached hydrogens (tertiary/aromatic N) is 1. The molecule has 21 heavy (non-hydrogen) atoms. The first-order chi connectivity index (χ1) is 9.95. The van der Waals surface area contributed by atoms with Crippen LogP contribution < -0.4 is 10.2 Å². The molecule has 116 valence electrons. The third-order valence-corrected chi connectivity index (χ3v) is 3.32. The van der Waals surface area contributed by atoms with Gasteiger partial charge in [0.2, 0.25) is 0 Å². The van der Waals surface area contributed by atoms with Gasteiger partial charge in [-0.2, -0.15) is 13.2 Å². The van der Waals surface area contributed by atoms with E-state index in [1.54, 1.807) is 6.92 Å². The Morgan fingerprint density at radius 2 is 2.14 bits per heavy atom. The number of anilines is 1. The monoisotopic (exact) mass is 302 g/mol. The van der Waals surface area contributed by atoms with Crippen molar-refractivity contribution in [1.82, 2.24) is 5.32 Å². The lowest BCUT2D eigenvalue weighted by Gasteiger charge is -2.37. The molecule has 1 fully saturated rings. The first-order valence-electron chi connectivity index (χ1n) is 6.75. The Bertz CT molecular complexity index is 505. The van der Waals surface area contributed by atoms with E-state index < -0.39 is 23.8 Å². The topological polar surface area (TPSA) is 41.6 Å². The van der Waals surface area contributed by atoms with Gasteiger partial charge < -0.3 is 15.0 Å². The van der Waals surface area contributed by atoms with Crippen molar-refractivity contribution in [2.75, 3.05) is 31.1 Å². The highest BCUT2D eigenvalue weighted by molar-refractivity contribution is 5.81. The standard InChI is InChI=1S/C14H17F3N2O2/c1-2-21-13(20)12-9-18-7-8-19(12)11-6-4-3-5-10(11)14(15,16)17/h3-6,12,18H,2,7-9H2,1H3. The number of nitrogens with one attached hydrogen (secondary N) is 1. The number of alkyl halides is 3. The van der Waals surface area contributed by atoms with Gasteiger partial charge in [0.25, 0.3) is 0 Å². The zero-order valence-corrected chi connectivity index (χ0v) is 11.6. The molecule has 1 heterocycles. The number of halogens is 3. The molecule has 1 unspecified atom stereocenters. The highest BCUT2D eigenvalue weighted by Gasteiger charge is 2.38. The van der Waals surface area contributed by atoms with Gasteiger partial charge in [-0.05, 0) is 19.1 Å². The van der Waals surface area contributed by atoms with Crippen molar-refractivity contribution in [3.8, 4) is 0 Å². The van der Waals surface area contributed by atoms with Gasteiger partial charge in [0.15, 0.2) is 0 Å². The zero-order valence-electron chi connectivity index (χ0n) is 11.6. The van der Waals surface area contributed by atoms with Crippen LogP contribution in [0.1, 0.15) is 12.5 Å². The first kappa shape index (κ1) is 15.6. The lowest BCUT2D eigenvalue weighted by atomic mass is 10.1. The highest BCUT2D eigenvalue weighted by atomic mass is 19.4. The molecule has 0 radical (unpaired) electrons. The highest BCUT2D eigenvalue weighted by Crippen LogP contribution is 2.37. The van der Waals surface area contributed by atoms with Crippen molar-refractivity contribution in [3.63, 3.8) is 0 Å². The molecule has 0 spiro atoms. The second kappa shape index (κ2) is 6.34. The number of piperazine rings is 1. The molecule has 0 bridgehead atoms. The van der Waals surface area contributed by atoms with E-state index >= 15 is 0 Å². The molecule has 0 aliphatic carbocycles. The number of carbonyl (C=O) groups excluding carboxylic acids is 1. The fourth-order valence-corrected chi connectivity index (χ4v) is 2.41. The summed E-state index contributed by atoms with van der Waals surface area (Å²) in [5.74, 6) is -0.512. The summed E-state index contributed by atoms with van der Waals surface area (Å²) in [6.07, 6.45) is -4.46. The zero-order chi connectivity index (χ0) is 15.5. The van der Waals surface area contributed by atoms with E-state index in [0.717, 1.165) is 6.07 Å². The van der Waals surface area contributed by atoms with E-state index in [9.17, 15) is 18.0 Å².